The van der Waals surface area contributed by atoms with Crippen LogP contribution in [-0.2, 0) is 10.2 Å². The number of hydrogen-bond donors (Lipinski definition) is 0. The van der Waals surface area contributed by atoms with E-state index in [2.05, 4.69) is 37.0 Å². The van der Waals surface area contributed by atoms with Crippen molar-refractivity contribution >= 4 is 6.08 Å². The van der Waals surface area contributed by atoms with Crippen LogP contribution in [0.3, 0.4) is 0 Å². The number of hydrogen-bond acceptors (Lipinski definition) is 2. The third-order valence-corrected chi connectivity index (χ3v) is 3.26. The van der Waals surface area contributed by atoms with Crippen LogP contribution in [0.4, 0.5) is 0 Å². The summed E-state index contributed by atoms with van der Waals surface area (Å²) in [6.07, 6.45) is 3.93. The Morgan fingerprint density at radius 1 is 1.40 bits per heavy atom. The van der Waals surface area contributed by atoms with Gasteiger partial charge in [-0.15, -0.1) is 0 Å². The van der Waals surface area contributed by atoms with Crippen LogP contribution in [0.2, 0.25) is 0 Å². The molecule has 0 atom stereocenters. The van der Waals surface area contributed by atoms with Crippen molar-refractivity contribution in [2.75, 3.05) is 6.54 Å². The van der Waals surface area contributed by atoms with Crippen molar-refractivity contribution in [3.05, 3.63) is 34.9 Å². The molecule has 1 aromatic rings. The first-order chi connectivity index (χ1) is 7.18. The quantitative estimate of drug-likeness (QED) is 0.546. The Morgan fingerprint density at radius 2 is 2.13 bits per heavy atom. The summed E-state index contributed by atoms with van der Waals surface area (Å²) < 4.78 is 0. The summed E-state index contributed by atoms with van der Waals surface area (Å²) in [6, 6.07) is 6.50. The zero-order valence-corrected chi connectivity index (χ0v) is 9.21. The largest absolute Gasteiger partial charge is 0.234 e. The summed E-state index contributed by atoms with van der Waals surface area (Å²) >= 11 is 0. The minimum absolute atomic E-state index is 0.146. The zero-order valence-electron chi connectivity index (χ0n) is 9.21. The molecule has 1 aliphatic rings. The van der Waals surface area contributed by atoms with Gasteiger partial charge in [0.2, 0.25) is 6.08 Å². The molecule has 1 aromatic carbocycles. The minimum atomic E-state index is 0.146. The first-order valence-corrected chi connectivity index (χ1v) is 5.29. The molecule has 0 amide bonds. The smallest absolute Gasteiger partial charge is 0.211 e. The third kappa shape index (κ3) is 1.86. The summed E-state index contributed by atoms with van der Waals surface area (Å²) in [5.74, 6) is 0. The Labute approximate surface area is 90.0 Å². The summed E-state index contributed by atoms with van der Waals surface area (Å²) in [5, 5.41) is 0. The zero-order chi connectivity index (χ0) is 10.9. The normalized spacial score (nSPS) is 16.9. The molecule has 15 heavy (non-hydrogen) atoms. The van der Waals surface area contributed by atoms with Gasteiger partial charge in [-0.25, -0.2) is 9.79 Å². The van der Waals surface area contributed by atoms with Gasteiger partial charge in [-0.05, 0) is 37.8 Å². The number of aliphatic imine (C=N–C) groups is 1. The number of aryl methyl sites for hydroxylation is 2. The van der Waals surface area contributed by atoms with Crippen LogP contribution in [0.5, 0.6) is 0 Å². The number of rotatable bonds is 3. The van der Waals surface area contributed by atoms with Crippen LogP contribution in [0.25, 0.3) is 0 Å². The lowest BCUT2D eigenvalue weighted by Crippen LogP contribution is -2.12. The van der Waals surface area contributed by atoms with Gasteiger partial charge in [0.25, 0.3) is 0 Å². The lowest BCUT2D eigenvalue weighted by atomic mass is 9.90. The first-order valence-electron chi connectivity index (χ1n) is 5.29. The monoisotopic (exact) mass is 201 g/mol. The maximum Gasteiger partial charge on any atom is 0.234 e. The van der Waals surface area contributed by atoms with Gasteiger partial charge in [-0.1, -0.05) is 23.8 Å². The van der Waals surface area contributed by atoms with Gasteiger partial charge in [-0.3, -0.25) is 0 Å². The average molecular weight is 201 g/mol. The first kappa shape index (κ1) is 10.1. The van der Waals surface area contributed by atoms with Crippen molar-refractivity contribution in [3.8, 4) is 0 Å². The molecule has 0 saturated heterocycles. The SMILES string of the molecule is Cc1ccc(C)c(C2(CN=C=O)CC2)c1. The van der Waals surface area contributed by atoms with Crippen molar-refractivity contribution in [2.45, 2.75) is 32.1 Å². The second kappa shape index (κ2) is 3.63. The van der Waals surface area contributed by atoms with Crippen LogP contribution in [0.15, 0.2) is 23.2 Å². The van der Waals surface area contributed by atoms with Crippen LogP contribution < -0.4 is 0 Å². The molecule has 0 heterocycles. The maximum absolute atomic E-state index is 10.2. The predicted octanol–water partition coefficient (Wildman–Crippen LogP) is 2.67. The Hall–Kier alpha value is -1.40. The second-order valence-corrected chi connectivity index (χ2v) is 4.51. The Kier molecular flexibility index (Phi) is 2.45. The Morgan fingerprint density at radius 3 is 2.73 bits per heavy atom. The average Bonchev–Trinajstić information content (AvgIpc) is 3.00. The highest BCUT2D eigenvalue weighted by molar-refractivity contribution is 5.42. The molecule has 78 valence electrons. The standard InChI is InChI=1S/C13H15NO/c1-10-3-4-11(2)12(7-10)13(5-6-13)8-14-9-15/h3-4,7H,5-6,8H2,1-2H3. The Balaban J connectivity index is 2.36. The van der Waals surface area contributed by atoms with E-state index < -0.39 is 0 Å². The van der Waals surface area contributed by atoms with E-state index in [-0.39, 0.29) is 5.41 Å². The lowest BCUT2D eigenvalue weighted by molar-refractivity contribution is 0.559. The highest BCUT2D eigenvalue weighted by Crippen LogP contribution is 2.49. The van der Waals surface area contributed by atoms with Crippen molar-refractivity contribution in [2.24, 2.45) is 4.99 Å². The molecule has 1 saturated carbocycles. The molecule has 0 aliphatic heterocycles. The van der Waals surface area contributed by atoms with Gasteiger partial charge < -0.3 is 0 Å². The van der Waals surface area contributed by atoms with E-state index in [0.717, 1.165) is 12.8 Å². The van der Waals surface area contributed by atoms with E-state index in [4.69, 9.17) is 0 Å². The van der Waals surface area contributed by atoms with E-state index in [9.17, 15) is 4.79 Å². The number of isocyanates is 1. The van der Waals surface area contributed by atoms with Gasteiger partial charge >= 0.3 is 0 Å². The molecular weight excluding hydrogens is 186 g/mol. The summed E-state index contributed by atoms with van der Waals surface area (Å²) in [6.45, 7) is 4.82. The molecule has 2 heteroatoms. The van der Waals surface area contributed by atoms with E-state index in [0.29, 0.717) is 6.54 Å². The molecule has 0 N–H and O–H groups in total. The molecule has 0 spiro atoms. The predicted molar refractivity (Wildman–Crippen MR) is 59.8 cm³/mol. The van der Waals surface area contributed by atoms with E-state index in [1.807, 2.05) is 0 Å². The van der Waals surface area contributed by atoms with E-state index in [1.165, 1.54) is 16.7 Å². The van der Waals surface area contributed by atoms with Gasteiger partial charge in [-0.2, -0.15) is 0 Å². The molecular formula is C13H15NO. The Bertz CT molecular complexity index is 426. The van der Waals surface area contributed by atoms with E-state index >= 15 is 0 Å². The fraction of sp³-hybridized carbons (Fsp3) is 0.462. The van der Waals surface area contributed by atoms with Gasteiger partial charge in [0.05, 0.1) is 6.54 Å². The lowest BCUT2D eigenvalue weighted by Gasteiger charge is -2.15. The van der Waals surface area contributed by atoms with Crippen molar-refractivity contribution in [1.82, 2.24) is 0 Å². The summed E-state index contributed by atoms with van der Waals surface area (Å²) in [4.78, 5) is 13.9. The molecule has 0 aromatic heterocycles. The molecule has 1 fully saturated rings. The van der Waals surface area contributed by atoms with Crippen LogP contribution in [0, 0.1) is 13.8 Å². The molecule has 0 unspecified atom stereocenters. The fourth-order valence-electron chi connectivity index (χ4n) is 2.15. The molecule has 2 rings (SSSR count). The number of nitrogens with zero attached hydrogens (tertiary/aromatic N) is 1. The summed E-state index contributed by atoms with van der Waals surface area (Å²) in [5.41, 5.74) is 4.09. The van der Waals surface area contributed by atoms with Crippen molar-refractivity contribution in [1.29, 1.82) is 0 Å². The molecule has 0 bridgehead atoms. The van der Waals surface area contributed by atoms with Crippen LogP contribution in [-0.4, -0.2) is 12.6 Å². The highest BCUT2D eigenvalue weighted by Gasteiger charge is 2.44. The summed E-state index contributed by atoms with van der Waals surface area (Å²) in [7, 11) is 0. The molecule has 0 radical (unpaired) electrons. The van der Waals surface area contributed by atoms with Crippen LogP contribution in [0.1, 0.15) is 29.5 Å². The van der Waals surface area contributed by atoms with Crippen molar-refractivity contribution in [3.63, 3.8) is 0 Å². The van der Waals surface area contributed by atoms with Gasteiger partial charge in [0.1, 0.15) is 0 Å². The molecule has 1 aliphatic carbocycles. The van der Waals surface area contributed by atoms with E-state index in [1.54, 1.807) is 6.08 Å². The minimum Gasteiger partial charge on any atom is -0.211 e. The highest BCUT2D eigenvalue weighted by atomic mass is 16.1. The maximum atomic E-state index is 10.2. The second-order valence-electron chi connectivity index (χ2n) is 4.51. The number of carbonyl (C=O) groups excluding carboxylic acids is 1. The third-order valence-electron chi connectivity index (χ3n) is 3.26. The van der Waals surface area contributed by atoms with Gasteiger partial charge in [0.15, 0.2) is 0 Å². The topological polar surface area (TPSA) is 29.4 Å². The van der Waals surface area contributed by atoms with Crippen molar-refractivity contribution < 1.29 is 4.79 Å². The molecule has 2 nitrogen and oxygen atoms in total. The van der Waals surface area contributed by atoms with Crippen LogP contribution >= 0.6 is 0 Å². The van der Waals surface area contributed by atoms with Gasteiger partial charge in [0, 0.05) is 5.41 Å². The number of benzene rings is 1. The fourth-order valence-corrected chi connectivity index (χ4v) is 2.15.